The van der Waals surface area contributed by atoms with Crippen LogP contribution in [0.1, 0.15) is 49.8 Å². The standard InChI is InChI=1S/C16H25N5/c1-13(2)16-19-14-11-17-6-5-15(14)21(16)9-4-3-8-20-10-7-18-12-20/h7,10,12-13,17H,3-6,8-9,11H2,1-2H3. The van der Waals surface area contributed by atoms with Crippen LogP contribution in [-0.4, -0.2) is 25.6 Å². The van der Waals surface area contributed by atoms with Gasteiger partial charge in [0, 0.05) is 56.6 Å². The normalized spacial score (nSPS) is 14.6. The molecule has 0 amide bonds. The van der Waals surface area contributed by atoms with Crippen LogP contribution in [0.15, 0.2) is 18.7 Å². The van der Waals surface area contributed by atoms with E-state index in [1.165, 1.54) is 30.1 Å². The smallest absolute Gasteiger partial charge is 0.111 e. The summed E-state index contributed by atoms with van der Waals surface area (Å²) in [4.78, 5) is 8.95. The van der Waals surface area contributed by atoms with E-state index in [1.807, 2.05) is 18.7 Å². The lowest BCUT2D eigenvalue weighted by atomic mass is 10.1. The van der Waals surface area contributed by atoms with Gasteiger partial charge in [0.1, 0.15) is 5.82 Å². The molecule has 1 aliphatic heterocycles. The molecule has 2 aromatic rings. The van der Waals surface area contributed by atoms with E-state index in [9.17, 15) is 0 Å². The Morgan fingerprint density at radius 2 is 2.14 bits per heavy atom. The Morgan fingerprint density at radius 3 is 2.90 bits per heavy atom. The first-order chi connectivity index (χ1) is 10.3. The molecule has 1 aliphatic rings. The second-order valence-electron chi connectivity index (χ2n) is 6.10. The van der Waals surface area contributed by atoms with Crippen molar-refractivity contribution in [3.8, 4) is 0 Å². The number of nitrogens with zero attached hydrogens (tertiary/aromatic N) is 4. The van der Waals surface area contributed by atoms with E-state index in [4.69, 9.17) is 4.98 Å². The fourth-order valence-electron chi connectivity index (χ4n) is 3.07. The van der Waals surface area contributed by atoms with Gasteiger partial charge in [0.05, 0.1) is 12.0 Å². The van der Waals surface area contributed by atoms with Gasteiger partial charge in [0.25, 0.3) is 0 Å². The highest BCUT2D eigenvalue weighted by atomic mass is 15.1. The van der Waals surface area contributed by atoms with Gasteiger partial charge >= 0.3 is 0 Å². The molecule has 21 heavy (non-hydrogen) atoms. The van der Waals surface area contributed by atoms with Crippen molar-refractivity contribution in [3.05, 3.63) is 35.9 Å². The third kappa shape index (κ3) is 3.18. The Hall–Kier alpha value is -1.62. The van der Waals surface area contributed by atoms with E-state index < -0.39 is 0 Å². The Balaban J connectivity index is 1.64. The van der Waals surface area contributed by atoms with Crippen molar-refractivity contribution in [2.75, 3.05) is 6.54 Å². The zero-order chi connectivity index (χ0) is 14.7. The fourth-order valence-corrected chi connectivity index (χ4v) is 3.07. The van der Waals surface area contributed by atoms with Crippen LogP contribution < -0.4 is 5.32 Å². The van der Waals surface area contributed by atoms with E-state index in [1.54, 1.807) is 0 Å². The molecule has 0 fully saturated rings. The van der Waals surface area contributed by atoms with Crippen molar-refractivity contribution in [1.82, 2.24) is 24.4 Å². The van der Waals surface area contributed by atoms with Crippen molar-refractivity contribution < 1.29 is 0 Å². The summed E-state index contributed by atoms with van der Waals surface area (Å²) in [5.41, 5.74) is 2.72. The van der Waals surface area contributed by atoms with Crippen LogP contribution >= 0.6 is 0 Å². The second-order valence-corrected chi connectivity index (χ2v) is 6.10. The van der Waals surface area contributed by atoms with Crippen LogP contribution in [0.3, 0.4) is 0 Å². The second kappa shape index (κ2) is 6.43. The molecule has 114 valence electrons. The molecule has 3 heterocycles. The van der Waals surface area contributed by atoms with Gasteiger partial charge in [-0.1, -0.05) is 13.8 Å². The lowest BCUT2D eigenvalue weighted by Crippen LogP contribution is -2.25. The molecule has 0 atom stereocenters. The topological polar surface area (TPSA) is 47.7 Å². The van der Waals surface area contributed by atoms with Gasteiger partial charge in [-0.2, -0.15) is 0 Å². The molecular formula is C16H25N5. The number of unbranched alkanes of at least 4 members (excludes halogenated alkanes) is 1. The van der Waals surface area contributed by atoms with Gasteiger partial charge in [-0.05, 0) is 12.8 Å². The van der Waals surface area contributed by atoms with Gasteiger partial charge in [0.15, 0.2) is 0 Å². The molecule has 0 aromatic carbocycles. The van der Waals surface area contributed by atoms with Crippen molar-refractivity contribution in [2.24, 2.45) is 0 Å². The molecule has 1 N–H and O–H groups in total. The maximum Gasteiger partial charge on any atom is 0.111 e. The predicted molar refractivity (Wildman–Crippen MR) is 83.2 cm³/mol. The van der Waals surface area contributed by atoms with Crippen LogP contribution in [0.5, 0.6) is 0 Å². The van der Waals surface area contributed by atoms with E-state index >= 15 is 0 Å². The van der Waals surface area contributed by atoms with Gasteiger partial charge in [-0.3, -0.25) is 0 Å². The molecule has 0 saturated heterocycles. The molecule has 0 radical (unpaired) electrons. The van der Waals surface area contributed by atoms with E-state index in [0.717, 1.165) is 32.6 Å². The molecule has 0 saturated carbocycles. The summed E-state index contributed by atoms with van der Waals surface area (Å²) < 4.78 is 4.63. The van der Waals surface area contributed by atoms with Crippen molar-refractivity contribution in [2.45, 2.75) is 58.7 Å². The number of aromatic nitrogens is 4. The van der Waals surface area contributed by atoms with Crippen molar-refractivity contribution in [3.63, 3.8) is 0 Å². The van der Waals surface area contributed by atoms with Crippen LogP contribution in [0.25, 0.3) is 0 Å². The number of hydrogen-bond donors (Lipinski definition) is 1. The monoisotopic (exact) mass is 287 g/mol. The average molecular weight is 287 g/mol. The number of aryl methyl sites for hydroxylation is 1. The summed E-state index contributed by atoms with van der Waals surface area (Å²) in [6, 6.07) is 0. The lowest BCUT2D eigenvalue weighted by Gasteiger charge is -2.17. The SMILES string of the molecule is CC(C)c1nc2c(n1CCCCn1ccnc1)CCNC2. The number of rotatable bonds is 6. The Kier molecular flexibility index (Phi) is 4.39. The summed E-state index contributed by atoms with van der Waals surface area (Å²) in [5, 5.41) is 3.42. The van der Waals surface area contributed by atoms with Crippen LogP contribution in [0.2, 0.25) is 0 Å². The summed E-state index contributed by atoms with van der Waals surface area (Å²) in [7, 11) is 0. The minimum atomic E-state index is 0.490. The lowest BCUT2D eigenvalue weighted by molar-refractivity contribution is 0.512. The third-order valence-electron chi connectivity index (χ3n) is 4.14. The fraction of sp³-hybridized carbons (Fsp3) is 0.625. The predicted octanol–water partition coefficient (Wildman–Crippen LogP) is 2.33. The summed E-state index contributed by atoms with van der Waals surface area (Å²) in [6.45, 7) is 8.62. The van der Waals surface area contributed by atoms with Crippen molar-refractivity contribution >= 4 is 0 Å². The van der Waals surface area contributed by atoms with Crippen molar-refractivity contribution in [1.29, 1.82) is 0 Å². The number of fused-ring (bicyclic) bond motifs is 1. The van der Waals surface area contributed by atoms with Crippen LogP contribution in [0, 0.1) is 0 Å². The first kappa shape index (κ1) is 14.3. The van der Waals surface area contributed by atoms with Crippen LogP contribution in [-0.2, 0) is 26.1 Å². The van der Waals surface area contributed by atoms with E-state index in [-0.39, 0.29) is 0 Å². The van der Waals surface area contributed by atoms with E-state index in [0.29, 0.717) is 5.92 Å². The van der Waals surface area contributed by atoms with E-state index in [2.05, 4.69) is 33.3 Å². The molecule has 0 bridgehead atoms. The Bertz CT molecular complexity index is 568. The Morgan fingerprint density at radius 1 is 1.29 bits per heavy atom. The summed E-state index contributed by atoms with van der Waals surface area (Å²) in [5.74, 6) is 1.75. The molecule has 3 rings (SSSR count). The molecule has 0 aliphatic carbocycles. The van der Waals surface area contributed by atoms with Gasteiger partial charge in [0.2, 0.25) is 0 Å². The summed E-state index contributed by atoms with van der Waals surface area (Å²) >= 11 is 0. The largest absolute Gasteiger partial charge is 0.337 e. The van der Waals surface area contributed by atoms with Gasteiger partial charge in [-0.15, -0.1) is 0 Å². The van der Waals surface area contributed by atoms with Crippen LogP contribution in [0.4, 0.5) is 0 Å². The van der Waals surface area contributed by atoms with Gasteiger partial charge in [-0.25, -0.2) is 9.97 Å². The number of nitrogens with one attached hydrogen (secondary N) is 1. The maximum atomic E-state index is 4.86. The number of imidazole rings is 2. The molecule has 2 aromatic heterocycles. The molecule has 5 nitrogen and oxygen atoms in total. The minimum Gasteiger partial charge on any atom is -0.337 e. The molecule has 5 heteroatoms. The quantitative estimate of drug-likeness (QED) is 0.830. The molecule has 0 unspecified atom stereocenters. The van der Waals surface area contributed by atoms with Gasteiger partial charge < -0.3 is 14.5 Å². The highest BCUT2D eigenvalue weighted by Crippen LogP contribution is 2.22. The minimum absolute atomic E-state index is 0.490. The average Bonchev–Trinajstić information content (AvgIpc) is 3.11. The summed E-state index contributed by atoms with van der Waals surface area (Å²) in [6.07, 6.45) is 9.24. The third-order valence-corrected chi connectivity index (χ3v) is 4.14. The molecular weight excluding hydrogens is 262 g/mol. The zero-order valence-electron chi connectivity index (χ0n) is 13.0. The first-order valence-electron chi connectivity index (χ1n) is 8.00. The highest BCUT2D eigenvalue weighted by molar-refractivity contribution is 5.21. The highest BCUT2D eigenvalue weighted by Gasteiger charge is 2.20. The zero-order valence-corrected chi connectivity index (χ0v) is 13.0. The molecule has 0 spiro atoms. The maximum absolute atomic E-state index is 4.86. The number of hydrogen-bond acceptors (Lipinski definition) is 3. The Labute approximate surface area is 126 Å². The first-order valence-corrected chi connectivity index (χ1v) is 8.00.